The monoisotopic (exact) mass is 359 g/mol. The van der Waals surface area contributed by atoms with Gasteiger partial charge in [0.1, 0.15) is 11.5 Å². The Morgan fingerprint density at radius 1 is 0.955 bits per heavy atom. The molecular formula is C15H12Cl3NO3. The topological polar surface area (TPSA) is 47.6 Å². The third-order valence-corrected chi connectivity index (χ3v) is 3.76. The summed E-state index contributed by atoms with van der Waals surface area (Å²) in [5, 5.41) is 3.74. The summed E-state index contributed by atoms with van der Waals surface area (Å²) in [5.74, 6) is 0.428. The Bertz CT molecular complexity index is 719. The van der Waals surface area contributed by atoms with Gasteiger partial charge in [-0.05, 0) is 24.3 Å². The molecule has 0 saturated carbocycles. The van der Waals surface area contributed by atoms with Crippen LogP contribution in [0.1, 0.15) is 10.4 Å². The number of hydrogen-bond acceptors (Lipinski definition) is 3. The van der Waals surface area contributed by atoms with E-state index in [1.165, 1.54) is 26.4 Å². The Balaban J connectivity index is 2.36. The number of amides is 1. The zero-order valence-corrected chi connectivity index (χ0v) is 14.0. The number of carbonyl (C=O) groups excluding carboxylic acids is 1. The van der Waals surface area contributed by atoms with Crippen LogP contribution < -0.4 is 14.8 Å². The minimum absolute atomic E-state index is 0.253. The van der Waals surface area contributed by atoms with E-state index < -0.39 is 5.91 Å². The predicted molar refractivity (Wildman–Crippen MR) is 89.0 cm³/mol. The lowest BCUT2D eigenvalue weighted by molar-refractivity contribution is 0.102. The van der Waals surface area contributed by atoms with Gasteiger partial charge in [0.15, 0.2) is 0 Å². The van der Waals surface area contributed by atoms with Crippen LogP contribution in [0.5, 0.6) is 11.5 Å². The first-order valence-corrected chi connectivity index (χ1v) is 7.27. The molecular weight excluding hydrogens is 349 g/mol. The van der Waals surface area contributed by atoms with Gasteiger partial charge < -0.3 is 14.8 Å². The van der Waals surface area contributed by atoms with Crippen LogP contribution in [-0.2, 0) is 0 Å². The molecule has 2 aromatic carbocycles. The zero-order valence-electron chi connectivity index (χ0n) is 11.7. The van der Waals surface area contributed by atoms with Crippen LogP contribution in [0.4, 0.5) is 5.69 Å². The van der Waals surface area contributed by atoms with E-state index in [-0.39, 0.29) is 5.56 Å². The standard InChI is InChI=1S/C15H12Cl3NO3/c1-21-13-7-14(22-2)12(6-11(13)18)19-15(20)9-5-8(16)3-4-10(9)17/h3-7H,1-2H3,(H,19,20). The van der Waals surface area contributed by atoms with Gasteiger partial charge in [-0.25, -0.2) is 0 Å². The first kappa shape index (κ1) is 16.7. The highest BCUT2D eigenvalue weighted by atomic mass is 35.5. The highest BCUT2D eigenvalue weighted by Crippen LogP contribution is 2.36. The summed E-state index contributed by atoms with van der Waals surface area (Å²) >= 11 is 18.0. The van der Waals surface area contributed by atoms with E-state index in [1.54, 1.807) is 18.2 Å². The van der Waals surface area contributed by atoms with Gasteiger partial charge in [-0.15, -0.1) is 0 Å². The third kappa shape index (κ3) is 3.58. The second-order valence-electron chi connectivity index (χ2n) is 4.27. The van der Waals surface area contributed by atoms with E-state index in [2.05, 4.69) is 5.32 Å². The summed E-state index contributed by atoms with van der Waals surface area (Å²) in [6, 6.07) is 7.76. The molecule has 0 aliphatic rings. The molecule has 0 aliphatic carbocycles. The SMILES string of the molecule is COc1cc(OC)c(NC(=O)c2cc(Cl)ccc2Cl)cc1Cl. The van der Waals surface area contributed by atoms with Crippen molar-refractivity contribution in [1.29, 1.82) is 0 Å². The van der Waals surface area contributed by atoms with Gasteiger partial charge in [0.2, 0.25) is 0 Å². The first-order chi connectivity index (χ1) is 10.5. The number of ether oxygens (including phenoxy) is 2. The maximum Gasteiger partial charge on any atom is 0.257 e. The molecule has 0 atom stereocenters. The third-order valence-electron chi connectivity index (χ3n) is 2.90. The molecule has 0 unspecified atom stereocenters. The zero-order chi connectivity index (χ0) is 16.3. The number of hydrogen-bond donors (Lipinski definition) is 1. The van der Waals surface area contributed by atoms with Crippen LogP contribution in [-0.4, -0.2) is 20.1 Å². The van der Waals surface area contributed by atoms with Crippen LogP contribution >= 0.6 is 34.8 Å². The van der Waals surface area contributed by atoms with E-state index in [9.17, 15) is 4.79 Å². The van der Waals surface area contributed by atoms with Gasteiger partial charge in [0.25, 0.3) is 5.91 Å². The highest BCUT2D eigenvalue weighted by Gasteiger charge is 2.16. The molecule has 0 radical (unpaired) electrons. The first-order valence-electron chi connectivity index (χ1n) is 6.14. The number of rotatable bonds is 4. The van der Waals surface area contributed by atoms with Crippen LogP contribution in [0.2, 0.25) is 15.1 Å². The summed E-state index contributed by atoms with van der Waals surface area (Å²) in [6.45, 7) is 0. The lowest BCUT2D eigenvalue weighted by Crippen LogP contribution is -2.13. The average Bonchev–Trinajstić information content (AvgIpc) is 2.50. The number of benzene rings is 2. The molecule has 0 saturated heterocycles. The molecule has 0 heterocycles. The fourth-order valence-electron chi connectivity index (χ4n) is 1.82. The summed E-state index contributed by atoms with van der Waals surface area (Å²) in [7, 11) is 2.97. The Labute approximate surface area is 142 Å². The summed E-state index contributed by atoms with van der Waals surface area (Å²) in [6.07, 6.45) is 0. The minimum atomic E-state index is -0.424. The molecule has 7 heteroatoms. The fraction of sp³-hybridized carbons (Fsp3) is 0.133. The van der Waals surface area contributed by atoms with Crippen molar-refractivity contribution in [1.82, 2.24) is 0 Å². The van der Waals surface area contributed by atoms with Crippen molar-refractivity contribution >= 4 is 46.4 Å². The summed E-state index contributed by atoms with van der Waals surface area (Å²) in [4.78, 5) is 12.3. The Kier molecular flexibility index (Phi) is 5.40. The molecule has 116 valence electrons. The second-order valence-corrected chi connectivity index (χ2v) is 5.52. The van der Waals surface area contributed by atoms with Gasteiger partial charge in [-0.1, -0.05) is 34.8 Å². The van der Waals surface area contributed by atoms with E-state index in [0.29, 0.717) is 32.3 Å². The molecule has 0 aromatic heterocycles. The molecule has 1 amide bonds. The van der Waals surface area contributed by atoms with Gasteiger partial charge in [-0.2, -0.15) is 0 Å². The summed E-state index contributed by atoms with van der Waals surface area (Å²) < 4.78 is 10.3. The molecule has 0 spiro atoms. The molecule has 0 fully saturated rings. The lowest BCUT2D eigenvalue weighted by atomic mass is 10.2. The van der Waals surface area contributed by atoms with Crippen molar-refractivity contribution in [3.63, 3.8) is 0 Å². The molecule has 0 aliphatic heterocycles. The van der Waals surface area contributed by atoms with Crippen molar-refractivity contribution in [2.24, 2.45) is 0 Å². The van der Waals surface area contributed by atoms with Crippen molar-refractivity contribution in [2.45, 2.75) is 0 Å². The van der Waals surface area contributed by atoms with Crippen molar-refractivity contribution in [3.05, 3.63) is 51.0 Å². The van der Waals surface area contributed by atoms with Crippen molar-refractivity contribution in [2.75, 3.05) is 19.5 Å². The van der Waals surface area contributed by atoms with E-state index in [0.717, 1.165) is 0 Å². The van der Waals surface area contributed by atoms with Crippen LogP contribution in [0, 0.1) is 0 Å². The largest absolute Gasteiger partial charge is 0.495 e. The Morgan fingerprint density at radius 2 is 1.64 bits per heavy atom. The lowest BCUT2D eigenvalue weighted by Gasteiger charge is -2.13. The van der Waals surface area contributed by atoms with Crippen LogP contribution in [0.25, 0.3) is 0 Å². The average molecular weight is 361 g/mol. The van der Waals surface area contributed by atoms with Gasteiger partial charge in [0.05, 0.1) is 35.5 Å². The van der Waals surface area contributed by atoms with Gasteiger partial charge in [0, 0.05) is 11.1 Å². The second kappa shape index (κ2) is 7.09. The number of methoxy groups -OCH3 is 2. The number of anilines is 1. The Hall–Kier alpha value is -1.62. The predicted octanol–water partition coefficient (Wildman–Crippen LogP) is 4.92. The normalized spacial score (nSPS) is 10.2. The highest BCUT2D eigenvalue weighted by molar-refractivity contribution is 6.36. The van der Waals surface area contributed by atoms with Gasteiger partial charge >= 0.3 is 0 Å². The molecule has 22 heavy (non-hydrogen) atoms. The molecule has 0 bridgehead atoms. The van der Waals surface area contributed by atoms with Crippen molar-refractivity contribution < 1.29 is 14.3 Å². The number of carbonyl (C=O) groups is 1. The minimum Gasteiger partial charge on any atom is -0.495 e. The molecule has 2 rings (SSSR count). The molecule has 4 nitrogen and oxygen atoms in total. The maximum atomic E-state index is 12.3. The van der Waals surface area contributed by atoms with Crippen LogP contribution in [0.3, 0.4) is 0 Å². The van der Waals surface area contributed by atoms with Gasteiger partial charge in [-0.3, -0.25) is 4.79 Å². The number of nitrogens with one attached hydrogen (secondary N) is 1. The smallest absolute Gasteiger partial charge is 0.257 e. The fourth-order valence-corrected chi connectivity index (χ4v) is 2.44. The Morgan fingerprint density at radius 3 is 2.27 bits per heavy atom. The molecule has 2 aromatic rings. The number of halogens is 3. The van der Waals surface area contributed by atoms with E-state index >= 15 is 0 Å². The van der Waals surface area contributed by atoms with E-state index in [1.807, 2.05) is 0 Å². The van der Waals surface area contributed by atoms with Crippen LogP contribution in [0.15, 0.2) is 30.3 Å². The van der Waals surface area contributed by atoms with Crippen molar-refractivity contribution in [3.8, 4) is 11.5 Å². The molecule has 1 N–H and O–H groups in total. The maximum absolute atomic E-state index is 12.3. The van der Waals surface area contributed by atoms with E-state index in [4.69, 9.17) is 44.3 Å². The quantitative estimate of drug-likeness (QED) is 0.842. The summed E-state index contributed by atoms with van der Waals surface area (Å²) in [5.41, 5.74) is 0.650.